The fourth-order valence-corrected chi connectivity index (χ4v) is 5.13. The number of nitrogens with zero attached hydrogens (tertiary/aromatic N) is 1. The first-order valence-electron chi connectivity index (χ1n) is 15.0. The molecule has 1 radical (unpaired) electrons. The molecule has 1 aliphatic rings. The number of aliphatic hydroxyl groups excluding tert-OH is 3. The summed E-state index contributed by atoms with van der Waals surface area (Å²) in [4.78, 5) is 25.8. The fraction of sp³-hybridized carbons (Fsp3) is 0.828. The molecule has 0 aliphatic carbocycles. The van der Waals surface area contributed by atoms with Crippen molar-refractivity contribution in [1.82, 2.24) is 9.55 Å². The van der Waals surface area contributed by atoms with Gasteiger partial charge in [0.15, 0.2) is 6.10 Å². The molecule has 0 amide bonds. The molecule has 4 atom stereocenters. The van der Waals surface area contributed by atoms with Crippen molar-refractivity contribution in [2.45, 2.75) is 134 Å². The fourth-order valence-electron chi connectivity index (χ4n) is 5.13. The summed E-state index contributed by atoms with van der Waals surface area (Å²) in [7, 11) is 0. The first-order valence-corrected chi connectivity index (χ1v) is 15.0. The molecule has 1 fully saturated rings. The second kappa shape index (κ2) is 18.7. The molecule has 2 rings (SSSR count). The minimum Gasteiger partial charge on any atom is -0.394 e. The predicted molar refractivity (Wildman–Crippen MR) is 149 cm³/mol. The smallest absolute Gasteiger partial charge is 0.330 e. The average molecular weight is 556 g/mol. The lowest BCUT2D eigenvalue weighted by Crippen LogP contribution is -2.66. The molecule has 5 N–H and O–H groups in total. The lowest BCUT2D eigenvalue weighted by molar-refractivity contribution is -0.270. The third-order valence-corrected chi connectivity index (χ3v) is 7.53. The van der Waals surface area contributed by atoms with Crippen LogP contribution in [0.15, 0.2) is 21.9 Å². The summed E-state index contributed by atoms with van der Waals surface area (Å²) in [6.07, 6.45) is 14.9. The SMILES string of the molecule is CCCCCCCCCCCCCCCCOCCC[C]1O[C@H](CO)[C@H](O)[C@H](O)[C@]1(O)n1ccc(=O)[nH]c1=O. The van der Waals surface area contributed by atoms with Crippen molar-refractivity contribution in [3.8, 4) is 0 Å². The Balaban J connectivity index is 1.62. The Bertz CT molecular complexity index is 891. The minimum absolute atomic E-state index is 0.0893. The monoisotopic (exact) mass is 555 g/mol. The highest BCUT2D eigenvalue weighted by Gasteiger charge is 2.56. The number of hydrogen-bond donors (Lipinski definition) is 5. The summed E-state index contributed by atoms with van der Waals surface area (Å²) < 4.78 is 12.0. The number of aromatic amines is 1. The molecule has 10 heteroatoms. The van der Waals surface area contributed by atoms with E-state index in [1.165, 1.54) is 77.0 Å². The van der Waals surface area contributed by atoms with Crippen molar-refractivity contribution < 1.29 is 29.9 Å². The predicted octanol–water partition coefficient (Wildman–Crippen LogP) is 3.10. The number of H-pyrrole nitrogens is 1. The van der Waals surface area contributed by atoms with Gasteiger partial charge in [0.25, 0.3) is 5.56 Å². The van der Waals surface area contributed by atoms with Crippen LogP contribution < -0.4 is 11.2 Å². The van der Waals surface area contributed by atoms with E-state index in [4.69, 9.17) is 9.47 Å². The Kier molecular flexibility index (Phi) is 16.2. The van der Waals surface area contributed by atoms with Crippen molar-refractivity contribution in [3.63, 3.8) is 0 Å². The van der Waals surface area contributed by atoms with Crippen LogP contribution in [-0.4, -0.2) is 68.1 Å². The van der Waals surface area contributed by atoms with Crippen LogP contribution in [0.1, 0.15) is 110 Å². The highest BCUT2D eigenvalue weighted by Crippen LogP contribution is 2.40. The molecule has 1 saturated heterocycles. The van der Waals surface area contributed by atoms with E-state index >= 15 is 0 Å². The Hall–Kier alpha value is -1.56. The van der Waals surface area contributed by atoms with Gasteiger partial charge in [-0.2, -0.15) is 0 Å². The van der Waals surface area contributed by atoms with E-state index < -0.39 is 41.9 Å². The topological polar surface area (TPSA) is 154 Å². The maximum atomic E-state index is 12.3. The number of unbranched alkanes of at least 4 members (excludes halogenated alkanes) is 13. The van der Waals surface area contributed by atoms with Crippen LogP contribution in [0.4, 0.5) is 0 Å². The van der Waals surface area contributed by atoms with Crippen LogP contribution in [0.3, 0.4) is 0 Å². The van der Waals surface area contributed by atoms with Gasteiger partial charge in [0.2, 0.25) is 5.72 Å². The maximum Gasteiger partial charge on any atom is 0.330 e. The first-order chi connectivity index (χ1) is 18.9. The summed E-state index contributed by atoms with van der Waals surface area (Å²) in [5.41, 5.74) is -4.05. The van der Waals surface area contributed by atoms with E-state index in [1.807, 2.05) is 4.98 Å². The van der Waals surface area contributed by atoms with E-state index in [9.17, 15) is 30.0 Å². The normalized spacial score (nSPS) is 23.9. The van der Waals surface area contributed by atoms with E-state index in [-0.39, 0.29) is 12.5 Å². The maximum absolute atomic E-state index is 12.3. The molecule has 1 aliphatic heterocycles. The number of rotatable bonds is 21. The zero-order chi connectivity index (χ0) is 28.5. The third-order valence-electron chi connectivity index (χ3n) is 7.53. The minimum atomic E-state index is -2.42. The van der Waals surface area contributed by atoms with Gasteiger partial charge in [0.1, 0.15) is 18.3 Å². The number of aromatic nitrogens is 2. The second-order valence-corrected chi connectivity index (χ2v) is 10.7. The number of hydrogen-bond acceptors (Lipinski definition) is 8. The van der Waals surface area contributed by atoms with E-state index in [1.54, 1.807) is 0 Å². The van der Waals surface area contributed by atoms with Crippen molar-refractivity contribution in [2.24, 2.45) is 0 Å². The van der Waals surface area contributed by atoms with E-state index in [2.05, 4.69) is 6.92 Å². The molecular weight excluding hydrogens is 504 g/mol. The summed E-state index contributed by atoms with van der Waals surface area (Å²) in [5, 5.41) is 41.8. The molecule has 2 heterocycles. The highest BCUT2D eigenvalue weighted by atomic mass is 16.6. The van der Waals surface area contributed by atoms with Gasteiger partial charge < -0.3 is 29.9 Å². The van der Waals surface area contributed by atoms with E-state index in [0.29, 0.717) is 19.6 Å². The Morgan fingerprint density at radius 3 is 1.97 bits per heavy atom. The largest absolute Gasteiger partial charge is 0.394 e. The van der Waals surface area contributed by atoms with E-state index in [0.717, 1.165) is 29.7 Å². The molecule has 0 bridgehead atoms. The molecule has 0 aromatic carbocycles. The molecule has 1 aromatic heterocycles. The molecule has 39 heavy (non-hydrogen) atoms. The zero-order valence-electron chi connectivity index (χ0n) is 23.7. The van der Waals surface area contributed by atoms with Crippen molar-refractivity contribution in [3.05, 3.63) is 39.2 Å². The zero-order valence-corrected chi connectivity index (χ0v) is 23.7. The van der Waals surface area contributed by atoms with Gasteiger partial charge in [-0.05, 0) is 19.3 Å². The first kappa shape index (κ1) is 33.6. The Labute approximate surface area is 232 Å². The number of nitrogens with one attached hydrogen (secondary N) is 1. The quantitative estimate of drug-likeness (QED) is 0.145. The molecule has 0 spiro atoms. The summed E-state index contributed by atoms with van der Waals surface area (Å²) in [5.74, 6) is 0. The lowest BCUT2D eigenvalue weighted by atomic mass is 9.86. The van der Waals surface area contributed by atoms with Crippen molar-refractivity contribution in [2.75, 3.05) is 19.8 Å². The molecule has 0 unspecified atom stereocenters. The lowest BCUT2D eigenvalue weighted by Gasteiger charge is -2.47. The van der Waals surface area contributed by atoms with Crippen LogP contribution >= 0.6 is 0 Å². The second-order valence-electron chi connectivity index (χ2n) is 10.7. The number of aliphatic hydroxyl groups is 4. The molecule has 225 valence electrons. The van der Waals surface area contributed by atoms with Gasteiger partial charge in [-0.25, -0.2) is 4.79 Å². The van der Waals surface area contributed by atoms with Gasteiger partial charge in [-0.15, -0.1) is 0 Å². The molecule has 0 saturated carbocycles. The molecular formula is C29H51N2O8. The molecule has 1 aromatic rings. The van der Waals surface area contributed by atoms with Crippen LogP contribution in [0, 0.1) is 6.10 Å². The summed E-state index contributed by atoms with van der Waals surface area (Å²) in [6.45, 7) is 2.67. The molecule has 10 nitrogen and oxygen atoms in total. The van der Waals surface area contributed by atoms with Crippen molar-refractivity contribution in [1.29, 1.82) is 0 Å². The Morgan fingerprint density at radius 2 is 1.44 bits per heavy atom. The van der Waals surface area contributed by atoms with Gasteiger partial charge in [-0.1, -0.05) is 90.4 Å². The van der Waals surface area contributed by atoms with Crippen molar-refractivity contribution >= 4 is 0 Å². The standard InChI is InChI=1S/C29H51N2O8/c1-2-3-4-5-6-7-8-9-10-11-12-13-14-15-20-38-21-16-17-24-29(37,27(35)26(34)23(22-32)39-24)31-19-18-25(33)30-28(31)36/h18-19,23,26-27,32,34-35,37H,2-17,20-22H2,1H3,(H,30,33,36)/t23-,26+,27+,29+/m1/s1. The van der Waals surface area contributed by atoms with Crippen LogP contribution in [0.25, 0.3) is 0 Å². The van der Waals surface area contributed by atoms with Crippen LogP contribution in [0.5, 0.6) is 0 Å². The summed E-state index contributed by atoms with van der Waals surface area (Å²) in [6, 6.07) is 1.02. The highest BCUT2D eigenvalue weighted by molar-refractivity contribution is 5.11. The van der Waals surface area contributed by atoms with Gasteiger partial charge >= 0.3 is 5.69 Å². The average Bonchev–Trinajstić information content (AvgIpc) is 2.92. The summed E-state index contributed by atoms with van der Waals surface area (Å²) >= 11 is 0. The van der Waals surface area contributed by atoms with Crippen LogP contribution in [-0.2, 0) is 15.2 Å². The third kappa shape index (κ3) is 10.7. The van der Waals surface area contributed by atoms with Gasteiger partial charge in [-0.3, -0.25) is 14.3 Å². The van der Waals surface area contributed by atoms with Gasteiger partial charge in [0, 0.05) is 25.5 Å². The Morgan fingerprint density at radius 1 is 0.897 bits per heavy atom. The number of ether oxygens (including phenoxy) is 2. The van der Waals surface area contributed by atoms with Crippen LogP contribution in [0.2, 0.25) is 0 Å². The van der Waals surface area contributed by atoms with Gasteiger partial charge in [0.05, 0.1) is 6.61 Å².